The smallest absolute Gasteiger partial charge is 0.260 e. The molecule has 4 rings (SSSR count). The quantitative estimate of drug-likeness (QED) is 0.754. The van der Waals surface area contributed by atoms with Gasteiger partial charge in [0.1, 0.15) is 5.75 Å². The van der Waals surface area contributed by atoms with Gasteiger partial charge in [-0.1, -0.05) is 24.3 Å². The molecule has 1 aromatic heterocycles. The molecule has 20 heavy (non-hydrogen) atoms. The lowest BCUT2D eigenvalue weighted by atomic mass is 10.1. The summed E-state index contributed by atoms with van der Waals surface area (Å²) in [6.45, 7) is 0. The first kappa shape index (κ1) is 11.2. The van der Waals surface area contributed by atoms with Crippen molar-refractivity contribution in [1.29, 1.82) is 0 Å². The normalized spacial score (nSPS) is 17.5. The predicted octanol–water partition coefficient (Wildman–Crippen LogP) is 4.13. The maximum atomic E-state index is 5.81. The van der Waals surface area contributed by atoms with E-state index in [0.29, 0.717) is 0 Å². The lowest BCUT2D eigenvalue weighted by Gasteiger charge is -2.16. The monoisotopic (exact) mass is 263 g/mol. The maximum absolute atomic E-state index is 5.81. The van der Waals surface area contributed by atoms with Crippen LogP contribution in [-0.2, 0) is 4.74 Å². The highest BCUT2D eigenvalue weighted by Gasteiger charge is 2.10. The van der Waals surface area contributed by atoms with Crippen molar-refractivity contribution in [2.45, 2.75) is 6.29 Å². The molecule has 0 bridgehead atoms. The fourth-order valence-electron chi connectivity index (χ4n) is 2.47. The molecule has 3 nitrogen and oxygen atoms in total. The van der Waals surface area contributed by atoms with E-state index in [1.54, 1.807) is 6.26 Å². The number of hydrogen-bond donors (Lipinski definition) is 1. The molecule has 1 N–H and O–H groups in total. The maximum Gasteiger partial charge on any atom is 0.260 e. The number of ether oxygens (including phenoxy) is 2. The zero-order valence-electron chi connectivity index (χ0n) is 10.7. The van der Waals surface area contributed by atoms with E-state index in [-0.39, 0.29) is 6.29 Å². The number of rotatable bonds is 2. The fourth-order valence-corrected chi connectivity index (χ4v) is 2.47. The van der Waals surface area contributed by atoms with Gasteiger partial charge in [-0.15, -0.1) is 0 Å². The Balaban J connectivity index is 1.75. The molecule has 1 atom stereocenters. The number of nitrogens with one attached hydrogen (secondary N) is 1. The Morgan fingerprint density at radius 3 is 2.75 bits per heavy atom. The van der Waals surface area contributed by atoms with E-state index in [0.717, 1.165) is 22.2 Å². The molecule has 0 radical (unpaired) electrons. The lowest BCUT2D eigenvalue weighted by Crippen LogP contribution is -2.16. The van der Waals surface area contributed by atoms with Gasteiger partial charge < -0.3 is 14.5 Å². The van der Waals surface area contributed by atoms with Gasteiger partial charge in [0.05, 0.1) is 6.26 Å². The highest BCUT2D eigenvalue weighted by molar-refractivity contribution is 6.07. The highest BCUT2D eigenvalue weighted by atomic mass is 16.7. The number of fused-ring (bicyclic) bond motifs is 3. The van der Waals surface area contributed by atoms with Gasteiger partial charge in [0.25, 0.3) is 6.29 Å². The summed E-state index contributed by atoms with van der Waals surface area (Å²) in [4.78, 5) is 3.40. The minimum Gasteiger partial charge on any atom is -0.459 e. The van der Waals surface area contributed by atoms with Crippen LogP contribution in [0.1, 0.15) is 0 Å². The van der Waals surface area contributed by atoms with Crippen LogP contribution >= 0.6 is 0 Å². The van der Waals surface area contributed by atoms with Gasteiger partial charge in [0, 0.05) is 21.8 Å². The number of H-pyrrole nitrogens is 1. The summed E-state index contributed by atoms with van der Waals surface area (Å²) in [5, 5.41) is 2.36. The Morgan fingerprint density at radius 1 is 0.950 bits per heavy atom. The van der Waals surface area contributed by atoms with Crippen molar-refractivity contribution in [2.75, 3.05) is 0 Å². The van der Waals surface area contributed by atoms with Crippen LogP contribution in [0.2, 0.25) is 0 Å². The average Bonchev–Trinajstić information content (AvgIpc) is 2.86. The Bertz CT molecular complexity index is 829. The second kappa shape index (κ2) is 4.46. The van der Waals surface area contributed by atoms with Crippen molar-refractivity contribution in [2.24, 2.45) is 0 Å². The van der Waals surface area contributed by atoms with Crippen LogP contribution in [-0.4, -0.2) is 11.3 Å². The molecule has 3 heteroatoms. The Hall–Kier alpha value is -2.68. The summed E-state index contributed by atoms with van der Waals surface area (Å²) < 4.78 is 11.2. The van der Waals surface area contributed by atoms with Gasteiger partial charge in [-0.25, -0.2) is 0 Å². The van der Waals surface area contributed by atoms with Crippen LogP contribution in [0.15, 0.2) is 67.0 Å². The number of allylic oxidation sites excluding steroid dienone is 2. The Kier molecular flexibility index (Phi) is 2.49. The zero-order chi connectivity index (χ0) is 13.4. The third-order valence-corrected chi connectivity index (χ3v) is 3.40. The Labute approximate surface area is 116 Å². The first-order valence-electron chi connectivity index (χ1n) is 6.56. The van der Waals surface area contributed by atoms with Gasteiger partial charge in [-0.05, 0) is 36.4 Å². The van der Waals surface area contributed by atoms with Crippen LogP contribution < -0.4 is 4.74 Å². The molecule has 0 aliphatic carbocycles. The van der Waals surface area contributed by atoms with E-state index < -0.39 is 0 Å². The molecule has 2 heterocycles. The predicted molar refractivity (Wildman–Crippen MR) is 79.6 cm³/mol. The third kappa shape index (κ3) is 1.84. The largest absolute Gasteiger partial charge is 0.459 e. The summed E-state index contributed by atoms with van der Waals surface area (Å²) in [6.07, 6.45) is 6.90. The van der Waals surface area contributed by atoms with Crippen molar-refractivity contribution in [1.82, 2.24) is 4.98 Å². The summed E-state index contributed by atoms with van der Waals surface area (Å²) in [5.74, 6) is 0.798. The first-order chi connectivity index (χ1) is 9.90. The second-order valence-electron chi connectivity index (χ2n) is 4.71. The van der Waals surface area contributed by atoms with Crippen LogP contribution in [0, 0.1) is 0 Å². The molecule has 0 spiro atoms. The number of para-hydroxylation sites is 1. The Morgan fingerprint density at radius 2 is 1.85 bits per heavy atom. The van der Waals surface area contributed by atoms with Crippen LogP contribution in [0.3, 0.4) is 0 Å². The number of aromatic amines is 1. The highest BCUT2D eigenvalue weighted by Crippen LogP contribution is 2.29. The number of hydrogen-bond acceptors (Lipinski definition) is 2. The van der Waals surface area contributed by atoms with Crippen molar-refractivity contribution >= 4 is 21.8 Å². The molecule has 0 amide bonds. The van der Waals surface area contributed by atoms with E-state index >= 15 is 0 Å². The van der Waals surface area contributed by atoms with Crippen LogP contribution in [0.5, 0.6) is 5.75 Å². The molecule has 1 aliphatic rings. The van der Waals surface area contributed by atoms with E-state index in [9.17, 15) is 0 Å². The molecule has 0 saturated carbocycles. The third-order valence-electron chi connectivity index (χ3n) is 3.40. The average molecular weight is 263 g/mol. The van der Waals surface area contributed by atoms with Crippen molar-refractivity contribution in [3.05, 3.63) is 67.0 Å². The molecular weight excluding hydrogens is 250 g/mol. The number of benzene rings is 2. The molecule has 3 aromatic rings. The summed E-state index contributed by atoms with van der Waals surface area (Å²) in [6, 6.07) is 14.3. The lowest BCUT2D eigenvalue weighted by molar-refractivity contribution is 0.00797. The van der Waals surface area contributed by atoms with Gasteiger partial charge in [0.15, 0.2) is 0 Å². The van der Waals surface area contributed by atoms with Gasteiger partial charge in [-0.2, -0.15) is 0 Å². The topological polar surface area (TPSA) is 34.2 Å². The van der Waals surface area contributed by atoms with E-state index in [1.807, 2.05) is 48.6 Å². The standard InChI is InChI=1S/C17H13NO2/c1-2-6-15-13(5-1)14-11-12(8-9-16(14)18-15)20-17-7-3-4-10-19-17/h1-11,17-18H. The zero-order valence-corrected chi connectivity index (χ0v) is 10.7. The van der Waals surface area contributed by atoms with Crippen molar-refractivity contribution in [3.63, 3.8) is 0 Å². The minimum absolute atomic E-state index is 0.359. The van der Waals surface area contributed by atoms with Crippen LogP contribution in [0.25, 0.3) is 21.8 Å². The SMILES string of the molecule is C1=COC(Oc2ccc3[nH]c4ccccc4c3c2)C=C1. The van der Waals surface area contributed by atoms with Crippen molar-refractivity contribution in [3.8, 4) is 5.75 Å². The summed E-state index contributed by atoms with van der Waals surface area (Å²) in [7, 11) is 0. The summed E-state index contributed by atoms with van der Waals surface area (Å²) in [5.41, 5.74) is 2.25. The molecular formula is C17H13NO2. The van der Waals surface area contributed by atoms with Gasteiger partial charge in [-0.3, -0.25) is 0 Å². The molecule has 2 aromatic carbocycles. The van der Waals surface area contributed by atoms with E-state index in [4.69, 9.17) is 9.47 Å². The van der Waals surface area contributed by atoms with E-state index in [1.165, 1.54) is 5.39 Å². The molecule has 0 fully saturated rings. The second-order valence-corrected chi connectivity index (χ2v) is 4.71. The molecule has 0 saturated heterocycles. The van der Waals surface area contributed by atoms with Crippen LogP contribution in [0.4, 0.5) is 0 Å². The molecule has 1 aliphatic heterocycles. The van der Waals surface area contributed by atoms with Crippen molar-refractivity contribution < 1.29 is 9.47 Å². The van der Waals surface area contributed by atoms with E-state index in [2.05, 4.69) is 17.1 Å². The van der Waals surface area contributed by atoms with Gasteiger partial charge >= 0.3 is 0 Å². The fraction of sp³-hybridized carbons (Fsp3) is 0.0588. The molecule has 98 valence electrons. The summed E-state index contributed by atoms with van der Waals surface area (Å²) >= 11 is 0. The first-order valence-corrected chi connectivity index (χ1v) is 6.56. The number of aromatic nitrogens is 1. The minimum atomic E-state index is -0.359. The molecule has 1 unspecified atom stereocenters. The van der Waals surface area contributed by atoms with Gasteiger partial charge in [0.2, 0.25) is 0 Å².